The number of piperidine rings is 1. The average Bonchev–Trinajstić information content (AvgIpc) is 1.31. The minimum absolute atomic E-state index is 0.0235. The summed E-state index contributed by atoms with van der Waals surface area (Å²) in [4.78, 5) is 189. The van der Waals surface area contributed by atoms with Crippen LogP contribution in [0, 0.1) is 17.8 Å². The molecule has 1 spiro atoms. The quantitative estimate of drug-likeness (QED) is 0.268. The molecule has 6 rings (SSSR count). The van der Waals surface area contributed by atoms with Gasteiger partial charge in [0.05, 0.1) is 30.1 Å². The Kier molecular flexibility index (Phi) is 27.2. The third kappa shape index (κ3) is 18.0. The maximum Gasteiger partial charge on any atom is 0.417 e. The van der Waals surface area contributed by atoms with Gasteiger partial charge in [-0.15, -0.1) is 0 Å². The van der Waals surface area contributed by atoms with E-state index in [1.807, 2.05) is 27.7 Å². The Bertz CT molecular complexity index is 3030. The number of carbonyl (C=O) groups is 12. The largest absolute Gasteiger partial charge is 0.417 e. The van der Waals surface area contributed by atoms with Crippen molar-refractivity contribution < 1.29 is 70.7 Å². The van der Waals surface area contributed by atoms with Crippen molar-refractivity contribution in [3.8, 4) is 0 Å². The van der Waals surface area contributed by atoms with Gasteiger partial charge in [-0.25, -0.2) is 0 Å². The van der Waals surface area contributed by atoms with E-state index in [1.165, 1.54) is 68.0 Å². The highest BCUT2D eigenvalue weighted by Crippen LogP contribution is 2.49. The summed E-state index contributed by atoms with van der Waals surface area (Å²) in [5.74, 6) is -9.18. The minimum atomic E-state index is -4.76. The molecule has 1 saturated carbocycles. The first-order valence-electron chi connectivity index (χ1n) is 34.2. The lowest BCUT2D eigenvalue weighted by Gasteiger charge is -2.58. The van der Waals surface area contributed by atoms with Crippen LogP contribution in [0.15, 0.2) is 18.2 Å². The summed E-state index contributed by atoms with van der Waals surface area (Å²) in [6.07, 6.45) is 1.12. The second kappa shape index (κ2) is 33.5. The molecule has 24 nitrogen and oxygen atoms in total. The fourth-order valence-corrected chi connectivity index (χ4v) is 14.7. The van der Waals surface area contributed by atoms with Crippen molar-refractivity contribution in [3.63, 3.8) is 0 Å². The summed E-state index contributed by atoms with van der Waals surface area (Å²) in [6.45, 7) is 13.5. The topological polar surface area (TPSA) is 270 Å². The second-order valence-corrected chi connectivity index (χ2v) is 28.5. The number of likely N-dealkylation sites (tertiary alicyclic amines) is 1. The van der Waals surface area contributed by atoms with Crippen LogP contribution in [0.4, 0.5) is 13.2 Å². The normalized spacial score (nSPS) is 27.3. The molecule has 4 heterocycles. The molecule has 1 aromatic carbocycles. The number of likely N-dealkylation sites (N-methyl/N-ethyl adjacent to an activating group) is 6. The Hall–Kier alpha value is -7.06. The minimum Gasteiger partial charge on any atom is -0.345 e. The number of carbonyl (C=O) groups excluding carboxylic acids is 12. The van der Waals surface area contributed by atoms with Crippen molar-refractivity contribution in [2.24, 2.45) is 17.8 Å². The van der Waals surface area contributed by atoms with Gasteiger partial charge in [0.1, 0.15) is 54.4 Å². The smallest absolute Gasteiger partial charge is 0.345 e. The molecule has 536 valence electrons. The Morgan fingerprint density at radius 2 is 1.32 bits per heavy atom. The number of fused-ring (bicyclic) bond motifs is 3. The molecule has 12 amide bonds. The highest BCUT2D eigenvalue weighted by atomic mass is 35.5. The van der Waals surface area contributed by atoms with E-state index in [0.29, 0.717) is 58.0 Å². The number of hydrogen-bond donors (Lipinski definition) is 3. The molecule has 5 fully saturated rings. The number of aryl methyl sites for hydroxylation is 1. The highest BCUT2D eigenvalue weighted by molar-refractivity contribution is 6.31. The van der Waals surface area contributed by atoms with Crippen LogP contribution in [0.1, 0.15) is 169 Å². The molecule has 0 bridgehead atoms. The Balaban J connectivity index is 1.40. The van der Waals surface area contributed by atoms with E-state index in [4.69, 9.17) is 11.6 Å². The van der Waals surface area contributed by atoms with Crippen molar-refractivity contribution in [1.29, 1.82) is 0 Å². The highest BCUT2D eigenvalue weighted by Gasteiger charge is 2.60. The first-order chi connectivity index (χ1) is 45.0. The number of nitrogens with one attached hydrogen (secondary N) is 3. The monoisotopic (exact) mass is 1370 g/mol. The predicted octanol–water partition coefficient (Wildman–Crippen LogP) is 4.86. The molecule has 0 radical (unpaired) electrons. The van der Waals surface area contributed by atoms with Crippen molar-refractivity contribution >= 4 is 82.5 Å². The first kappa shape index (κ1) is 77.9. The van der Waals surface area contributed by atoms with Crippen molar-refractivity contribution in [2.45, 2.75) is 231 Å². The van der Waals surface area contributed by atoms with Crippen molar-refractivity contribution in [2.75, 3.05) is 75.0 Å². The molecular weight excluding hydrogens is 1270 g/mol. The maximum absolute atomic E-state index is 15.2. The Morgan fingerprint density at radius 1 is 0.677 bits per heavy atom. The van der Waals surface area contributed by atoms with Gasteiger partial charge in [-0.05, 0) is 113 Å². The number of benzene rings is 1. The summed E-state index contributed by atoms with van der Waals surface area (Å²) in [6, 6.07) is -7.93. The van der Waals surface area contributed by atoms with Crippen LogP contribution in [-0.2, 0) is 70.1 Å². The lowest BCUT2D eigenvalue weighted by atomic mass is 9.75. The van der Waals surface area contributed by atoms with E-state index in [2.05, 4.69) is 16.0 Å². The van der Waals surface area contributed by atoms with Crippen molar-refractivity contribution in [3.05, 3.63) is 34.3 Å². The van der Waals surface area contributed by atoms with Crippen LogP contribution in [0.3, 0.4) is 0 Å². The molecule has 1 aromatic rings. The molecule has 0 aromatic heterocycles. The van der Waals surface area contributed by atoms with Crippen LogP contribution in [0.5, 0.6) is 0 Å². The van der Waals surface area contributed by atoms with Gasteiger partial charge in [0.25, 0.3) is 0 Å². The van der Waals surface area contributed by atoms with Crippen molar-refractivity contribution in [1.82, 2.24) is 60.0 Å². The summed E-state index contributed by atoms with van der Waals surface area (Å²) in [5, 5.41) is 7.67. The lowest BCUT2D eigenvalue weighted by molar-refractivity contribution is -0.175. The SMILES string of the molecule is CCC[C@H]1C(=O)N(C)CC(=O)N[C@@H](CCc2ccc(C(F)(F)F)c(Cl)c2)C(=O)N2CCC[C@H]2C(=O)NCC(=O)N(C)[C@@H](C(C)C)C(=O)N(C)[C@H](C(=O)N2CCCCC2)CC(=O)N(C)[C@@H](CC(C)C)C(=O)N[C@@H]([C@@H](C)CC)C(=O)N(C)[C@@H](C)C(=O)N2[C@@H](CC23CCCC3)C(=O)N1C. The number of halogens is 4. The Morgan fingerprint density at radius 3 is 1.91 bits per heavy atom. The van der Waals surface area contributed by atoms with Gasteiger partial charge in [-0.2, -0.15) is 13.2 Å². The second-order valence-electron chi connectivity index (χ2n) is 28.1. The number of rotatable bonds is 11. The van der Waals surface area contributed by atoms with E-state index in [1.54, 1.807) is 37.5 Å². The summed E-state index contributed by atoms with van der Waals surface area (Å²) in [7, 11) is 8.43. The van der Waals surface area contributed by atoms with E-state index in [-0.39, 0.29) is 56.6 Å². The van der Waals surface area contributed by atoms with E-state index in [9.17, 15) is 56.3 Å². The number of hydrogen-bond acceptors (Lipinski definition) is 12. The molecule has 1 aliphatic carbocycles. The van der Waals surface area contributed by atoms with Crippen LogP contribution < -0.4 is 16.0 Å². The number of amides is 12. The summed E-state index contributed by atoms with van der Waals surface area (Å²) < 4.78 is 41.3. The van der Waals surface area contributed by atoms with Gasteiger partial charge >= 0.3 is 6.18 Å². The molecule has 4 saturated heterocycles. The van der Waals surface area contributed by atoms with Gasteiger partial charge in [0.2, 0.25) is 70.9 Å². The number of alkyl halides is 3. The zero-order chi connectivity index (χ0) is 71.6. The van der Waals surface area contributed by atoms with Gasteiger partial charge in [-0.3, -0.25) is 57.5 Å². The summed E-state index contributed by atoms with van der Waals surface area (Å²) in [5.41, 5.74) is -1.50. The molecular formula is C68H104ClF3N12O12. The van der Waals surface area contributed by atoms with Crippen LogP contribution in [-0.4, -0.2) is 250 Å². The van der Waals surface area contributed by atoms with Gasteiger partial charge < -0.3 is 60.0 Å². The molecule has 4 aliphatic heterocycles. The average molecular weight is 1370 g/mol. The zero-order valence-corrected chi connectivity index (χ0v) is 59.4. The molecule has 0 unspecified atom stereocenters. The van der Waals surface area contributed by atoms with Gasteiger partial charge in [0, 0.05) is 73.9 Å². The lowest BCUT2D eigenvalue weighted by Crippen LogP contribution is -2.73. The molecule has 3 N–H and O–H groups in total. The molecule has 5 aliphatic rings. The predicted molar refractivity (Wildman–Crippen MR) is 353 cm³/mol. The Labute approximate surface area is 568 Å². The zero-order valence-electron chi connectivity index (χ0n) is 58.7. The van der Waals surface area contributed by atoms with Gasteiger partial charge in [-0.1, -0.05) is 91.8 Å². The van der Waals surface area contributed by atoms with Gasteiger partial charge in [0.15, 0.2) is 0 Å². The number of nitrogens with zero attached hydrogens (tertiary/aromatic N) is 9. The maximum atomic E-state index is 15.2. The third-order valence-electron chi connectivity index (χ3n) is 20.6. The molecule has 96 heavy (non-hydrogen) atoms. The van der Waals surface area contributed by atoms with E-state index < -0.39 is 179 Å². The molecule has 10 atom stereocenters. The fraction of sp³-hybridized carbons (Fsp3) is 0.735. The standard InChI is InChI=1S/C68H104ClF3N12O12/c1-15-23-49-62(92)76(9)39-53(85)74-47(28-26-44-25-27-45(46(69)35-44)68(70,71)72)61(91)83-33-22-24-48(83)58(88)73-38-55(87)81(14)57(41(5)6)66(96)80(13)51(64(94)82-31-20-17-21-32-82)36-54(86)78(11)50(34-40(3)4)59(89)75-56(42(7)16-2)65(95)77(10)43(8)60(90)84-52(63(93)79(49)12)37-67(84)29-18-19-30-67/h25,27,35,40-43,47-52,56-57H,15-24,26,28-34,36-39H2,1-14H3,(H,73,88)(H,74,85)(H,75,89)/t42-,43-,47-,48-,49-,50-,51-,52-,56-,57-/m0/s1. The molecule has 28 heteroatoms. The van der Waals surface area contributed by atoms with E-state index >= 15 is 14.4 Å². The van der Waals surface area contributed by atoms with Crippen LogP contribution in [0.2, 0.25) is 5.02 Å². The fourth-order valence-electron chi connectivity index (χ4n) is 14.4. The van der Waals surface area contributed by atoms with Crippen LogP contribution in [0.25, 0.3) is 0 Å². The summed E-state index contributed by atoms with van der Waals surface area (Å²) >= 11 is 6.10. The first-order valence-corrected chi connectivity index (χ1v) is 34.6. The van der Waals surface area contributed by atoms with E-state index in [0.717, 1.165) is 46.1 Å². The van der Waals surface area contributed by atoms with Crippen LogP contribution >= 0.6 is 11.6 Å². The third-order valence-corrected chi connectivity index (χ3v) is 20.9.